The first-order valence-corrected chi connectivity index (χ1v) is 7.07. The van der Waals surface area contributed by atoms with E-state index in [2.05, 4.69) is 15.6 Å². The van der Waals surface area contributed by atoms with Crippen molar-refractivity contribution in [2.75, 3.05) is 20.1 Å². The molecule has 0 aromatic carbocycles. The van der Waals surface area contributed by atoms with Gasteiger partial charge in [-0.2, -0.15) is 0 Å². The van der Waals surface area contributed by atoms with Crippen LogP contribution in [-0.4, -0.2) is 45.9 Å². The maximum absolute atomic E-state index is 11.8. The molecule has 0 unspecified atom stereocenters. The Labute approximate surface area is 114 Å². The van der Waals surface area contributed by atoms with Gasteiger partial charge in [0.1, 0.15) is 0 Å². The van der Waals surface area contributed by atoms with Crippen molar-refractivity contribution in [2.45, 2.75) is 45.2 Å². The number of aromatic nitrogens is 3. The van der Waals surface area contributed by atoms with Crippen LogP contribution in [0.25, 0.3) is 0 Å². The van der Waals surface area contributed by atoms with Gasteiger partial charge in [0.25, 0.3) is 0 Å². The van der Waals surface area contributed by atoms with E-state index in [1.54, 1.807) is 0 Å². The van der Waals surface area contributed by atoms with Gasteiger partial charge < -0.3 is 10.2 Å². The molecule has 0 radical (unpaired) electrons. The zero-order valence-electron chi connectivity index (χ0n) is 11.8. The minimum atomic E-state index is 0.287. The number of piperidine rings is 1. The number of nitrogens with one attached hydrogen (secondary N) is 1. The number of nitrogens with zero attached hydrogens (tertiary/aromatic N) is 4. The van der Waals surface area contributed by atoms with E-state index in [-0.39, 0.29) is 5.91 Å². The van der Waals surface area contributed by atoms with Gasteiger partial charge >= 0.3 is 0 Å². The van der Waals surface area contributed by atoms with Crippen molar-refractivity contribution >= 4 is 5.91 Å². The molecule has 6 nitrogen and oxygen atoms in total. The molecule has 1 aliphatic rings. The molecule has 1 saturated heterocycles. The summed E-state index contributed by atoms with van der Waals surface area (Å²) in [6.45, 7) is 4.46. The van der Waals surface area contributed by atoms with E-state index in [4.69, 9.17) is 0 Å². The van der Waals surface area contributed by atoms with Crippen LogP contribution >= 0.6 is 0 Å². The maximum Gasteiger partial charge on any atom is 0.222 e. The zero-order valence-corrected chi connectivity index (χ0v) is 11.8. The first kappa shape index (κ1) is 14.0. The summed E-state index contributed by atoms with van der Waals surface area (Å²) in [5.41, 5.74) is 0.965. The van der Waals surface area contributed by atoms with Gasteiger partial charge in [-0.1, -0.05) is 12.1 Å². The molecule has 0 saturated carbocycles. The predicted octanol–water partition coefficient (Wildman–Crippen LogP) is 0.961. The summed E-state index contributed by atoms with van der Waals surface area (Å²) in [5.74, 6) is 0.287. The molecule has 0 bridgehead atoms. The number of amides is 1. The van der Waals surface area contributed by atoms with Gasteiger partial charge in [-0.05, 0) is 26.3 Å². The van der Waals surface area contributed by atoms with Gasteiger partial charge in [-0.3, -0.25) is 4.79 Å². The molecular weight excluding hydrogens is 242 g/mol. The summed E-state index contributed by atoms with van der Waals surface area (Å²) in [4.78, 5) is 13.8. The third kappa shape index (κ3) is 3.53. The van der Waals surface area contributed by atoms with Gasteiger partial charge in [0.05, 0.1) is 17.9 Å². The molecule has 1 fully saturated rings. The third-order valence-electron chi connectivity index (χ3n) is 3.57. The second-order valence-electron chi connectivity index (χ2n) is 5.08. The molecule has 19 heavy (non-hydrogen) atoms. The quantitative estimate of drug-likeness (QED) is 0.861. The second-order valence-corrected chi connectivity index (χ2v) is 5.08. The van der Waals surface area contributed by atoms with E-state index in [1.807, 2.05) is 29.7 Å². The molecule has 1 aromatic rings. The average Bonchev–Trinajstić information content (AvgIpc) is 2.88. The highest BCUT2D eigenvalue weighted by Gasteiger charge is 2.23. The summed E-state index contributed by atoms with van der Waals surface area (Å²) in [6, 6.07) is 0.379. The molecule has 0 atom stereocenters. The highest BCUT2D eigenvalue weighted by molar-refractivity contribution is 5.76. The number of hydrogen-bond donors (Lipinski definition) is 1. The van der Waals surface area contributed by atoms with Crippen molar-refractivity contribution in [3.63, 3.8) is 0 Å². The Morgan fingerprint density at radius 1 is 1.47 bits per heavy atom. The standard InChI is InChI=1S/C13H23N5O/c1-3-4-13(19)17-7-5-12(6-8-17)18-10-11(9-14-2)15-16-18/h10,12,14H,3-9H2,1-2H3. The number of carbonyl (C=O) groups is 1. The Balaban J connectivity index is 1.86. The van der Waals surface area contributed by atoms with Gasteiger partial charge in [0, 0.05) is 26.1 Å². The Kier molecular flexibility index (Phi) is 4.90. The fraction of sp³-hybridized carbons (Fsp3) is 0.769. The largest absolute Gasteiger partial charge is 0.343 e. The zero-order chi connectivity index (χ0) is 13.7. The lowest BCUT2D eigenvalue weighted by atomic mass is 10.0. The number of rotatable bonds is 5. The molecule has 1 aromatic heterocycles. The third-order valence-corrected chi connectivity index (χ3v) is 3.57. The van der Waals surface area contributed by atoms with Gasteiger partial charge in [0.15, 0.2) is 0 Å². The van der Waals surface area contributed by atoms with Crippen molar-refractivity contribution in [1.29, 1.82) is 0 Å². The van der Waals surface area contributed by atoms with Crippen molar-refractivity contribution < 1.29 is 4.79 Å². The number of hydrogen-bond acceptors (Lipinski definition) is 4. The molecule has 1 aliphatic heterocycles. The Bertz CT molecular complexity index is 409. The van der Waals surface area contributed by atoms with E-state index in [9.17, 15) is 4.79 Å². The minimum absolute atomic E-state index is 0.287. The highest BCUT2D eigenvalue weighted by atomic mass is 16.2. The van der Waals surface area contributed by atoms with Crippen LogP contribution in [0.4, 0.5) is 0 Å². The van der Waals surface area contributed by atoms with Crippen molar-refractivity contribution in [3.05, 3.63) is 11.9 Å². The maximum atomic E-state index is 11.8. The summed E-state index contributed by atoms with van der Waals surface area (Å²) in [7, 11) is 1.90. The fourth-order valence-corrected chi connectivity index (χ4v) is 2.51. The lowest BCUT2D eigenvalue weighted by Crippen LogP contribution is -2.39. The molecule has 2 rings (SSSR count). The van der Waals surface area contributed by atoms with E-state index in [0.29, 0.717) is 12.5 Å². The Morgan fingerprint density at radius 2 is 2.21 bits per heavy atom. The number of likely N-dealkylation sites (tertiary alicyclic amines) is 1. The lowest BCUT2D eigenvalue weighted by molar-refractivity contribution is -0.132. The molecule has 6 heteroatoms. The van der Waals surface area contributed by atoms with Crippen LogP contribution < -0.4 is 5.32 Å². The van der Waals surface area contributed by atoms with Gasteiger partial charge in [0.2, 0.25) is 5.91 Å². The van der Waals surface area contributed by atoms with Crippen LogP contribution in [-0.2, 0) is 11.3 Å². The fourth-order valence-electron chi connectivity index (χ4n) is 2.51. The van der Waals surface area contributed by atoms with Gasteiger partial charge in [-0.25, -0.2) is 4.68 Å². The van der Waals surface area contributed by atoms with Crippen molar-refractivity contribution in [1.82, 2.24) is 25.2 Å². The van der Waals surface area contributed by atoms with Gasteiger partial charge in [-0.15, -0.1) is 5.10 Å². The highest BCUT2D eigenvalue weighted by Crippen LogP contribution is 2.22. The molecule has 1 amide bonds. The SMILES string of the molecule is CCCC(=O)N1CCC(n2cc(CNC)nn2)CC1. The van der Waals surface area contributed by atoms with E-state index in [0.717, 1.165) is 44.6 Å². The second kappa shape index (κ2) is 6.65. The molecule has 2 heterocycles. The van der Waals surface area contributed by atoms with Crippen molar-refractivity contribution in [3.8, 4) is 0 Å². The van der Waals surface area contributed by atoms with E-state index in [1.165, 1.54) is 0 Å². The average molecular weight is 265 g/mol. The summed E-state index contributed by atoms with van der Waals surface area (Å²) >= 11 is 0. The summed E-state index contributed by atoms with van der Waals surface area (Å²) in [6.07, 6.45) is 5.54. The van der Waals surface area contributed by atoms with Crippen LogP contribution in [0.15, 0.2) is 6.20 Å². The summed E-state index contributed by atoms with van der Waals surface area (Å²) < 4.78 is 1.95. The van der Waals surface area contributed by atoms with Crippen molar-refractivity contribution in [2.24, 2.45) is 0 Å². The van der Waals surface area contributed by atoms with E-state index >= 15 is 0 Å². The lowest BCUT2D eigenvalue weighted by Gasteiger charge is -2.31. The molecule has 1 N–H and O–H groups in total. The molecule has 106 valence electrons. The monoisotopic (exact) mass is 265 g/mol. The van der Waals surface area contributed by atoms with Crippen LogP contribution in [0.2, 0.25) is 0 Å². The topological polar surface area (TPSA) is 63.1 Å². The van der Waals surface area contributed by atoms with Crippen LogP contribution in [0.5, 0.6) is 0 Å². The Morgan fingerprint density at radius 3 is 2.84 bits per heavy atom. The number of carbonyl (C=O) groups excluding carboxylic acids is 1. The first-order chi connectivity index (χ1) is 9.24. The first-order valence-electron chi connectivity index (χ1n) is 7.07. The van der Waals surface area contributed by atoms with Crippen LogP contribution in [0, 0.1) is 0 Å². The van der Waals surface area contributed by atoms with Crippen LogP contribution in [0.3, 0.4) is 0 Å². The molecular formula is C13H23N5O. The van der Waals surface area contributed by atoms with E-state index < -0.39 is 0 Å². The Hall–Kier alpha value is -1.43. The minimum Gasteiger partial charge on any atom is -0.343 e. The molecule has 0 aliphatic carbocycles. The predicted molar refractivity (Wildman–Crippen MR) is 72.5 cm³/mol. The normalized spacial score (nSPS) is 16.8. The molecule has 0 spiro atoms. The summed E-state index contributed by atoms with van der Waals surface area (Å²) in [5, 5.41) is 11.4. The van der Waals surface area contributed by atoms with Crippen LogP contribution in [0.1, 0.15) is 44.3 Å². The smallest absolute Gasteiger partial charge is 0.222 e.